The Labute approximate surface area is 127 Å². The molecule has 0 unspecified atom stereocenters. The van der Waals surface area contributed by atoms with Crippen molar-refractivity contribution >= 4 is 5.69 Å². The summed E-state index contributed by atoms with van der Waals surface area (Å²) in [6.45, 7) is 10.6. The van der Waals surface area contributed by atoms with Gasteiger partial charge in [0.05, 0.1) is 12.8 Å². The fraction of sp³-hybridized carbons (Fsp3) is 0.444. The highest BCUT2D eigenvalue weighted by Crippen LogP contribution is 2.31. The topological polar surface area (TPSA) is 26.2 Å². The molecule has 0 saturated heterocycles. The van der Waals surface area contributed by atoms with Crippen molar-refractivity contribution in [3.05, 3.63) is 47.8 Å². The minimum absolute atomic E-state index is 0.133. The van der Waals surface area contributed by atoms with Gasteiger partial charge in [0.2, 0.25) is 0 Å². The van der Waals surface area contributed by atoms with Crippen molar-refractivity contribution in [3.8, 4) is 5.75 Å². The van der Waals surface area contributed by atoms with E-state index in [0.717, 1.165) is 24.5 Å². The largest absolute Gasteiger partial charge is 0.495 e. The van der Waals surface area contributed by atoms with E-state index >= 15 is 0 Å². The van der Waals surface area contributed by atoms with Gasteiger partial charge in [-0.05, 0) is 41.7 Å². The number of hydrogen-bond acceptors (Lipinski definition) is 2. The van der Waals surface area contributed by atoms with Crippen LogP contribution in [0.15, 0.2) is 36.7 Å². The Balaban J connectivity index is 2.17. The lowest BCUT2D eigenvalue weighted by Gasteiger charge is -2.21. The zero-order chi connectivity index (χ0) is 15.5. The number of anilines is 1. The highest BCUT2D eigenvalue weighted by molar-refractivity contribution is 5.59. The number of methoxy groups -OCH3 is 1. The monoisotopic (exact) mass is 286 g/mol. The van der Waals surface area contributed by atoms with Gasteiger partial charge < -0.3 is 14.6 Å². The molecule has 0 radical (unpaired) electrons. The standard InChI is InChI=1S/C18H26N2O/c1-6-20-10-9-14(13-20)12-19-16-11-15(18(2,3)4)7-8-17(16)21-5/h7-11,13,19H,6,12H2,1-5H3. The summed E-state index contributed by atoms with van der Waals surface area (Å²) in [6.07, 6.45) is 4.28. The molecule has 2 rings (SSSR count). The average Bonchev–Trinajstić information content (AvgIpc) is 2.91. The van der Waals surface area contributed by atoms with Crippen LogP contribution in [0.2, 0.25) is 0 Å². The second-order valence-electron chi connectivity index (χ2n) is 6.37. The number of benzene rings is 1. The predicted molar refractivity (Wildman–Crippen MR) is 89.1 cm³/mol. The summed E-state index contributed by atoms with van der Waals surface area (Å²) in [4.78, 5) is 0. The number of ether oxygens (including phenoxy) is 1. The number of aryl methyl sites for hydroxylation is 1. The molecule has 0 spiro atoms. The molecule has 0 fully saturated rings. The molecular formula is C18H26N2O. The molecule has 0 aliphatic carbocycles. The molecule has 3 nitrogen and oxygen atoms in total. The Hall–Kier alpha value is -1.90. The van der Waals surface area contributed by atoms with Gasteiger partial charge in [0.25, 0.3) is 0 Å². The first-order valence-electron chi connectivity index (χ1n) is 7.51. The van der Waals surface area contributed by atoms with Crippen molar-refractivity contribution in [1.29, 1.82) is 0 Å². The molecule has 0 atom stereocenters. The van der Waals surface area contributed by atoms with Gasteiger partial charge in [-0.15, -0.1) is 0 Å². The van der Waals surface area contributed by atoms with E-state index < -0.39 is 0 Å². The Bertz CT molecular complexity index is 594. The first-order chi connectivity index (χ1) is 9.94. The molecular weight excluding hydrogens is 260 g/mol. The zero-order valence-corrected chi connectivity index (χ0v) is 13.7. The fourth-order valence-corrected chi connectivity index (χ4v) is 2.30. The van der Waals surface area contributed by atoms with Gasteiger partial charge in [-0.3, -0.25) is 0 Å². The molecule has 3 heteroatoms. The number of nitrogens with one attached hydrogen (secondary N) is 1. The summed E-state index contributed by atoms with van der Waals surface area (Å²) >= 11 is 0. The van der Waals surface area contributed by atoms with Crippen molar-refractivity contribution in [2.45, 2.75) is 46.2 Å². The van der Waals surface area contributed by atoms with Gasteiger partial charge in [-0.2, -0.15) is 0 Å². The SMILES string of the molecule is CCn1ccc(CNc2cc(C(C)(C)C)ccc2OC)c1. The van der Waals surface area contributed by atoms with E-state index in [-0.39, 0.29) is 5.41 Å². The molecule has 0 aliphatic heterocycles. The molecule has 0 aliphatic rings. The van der Waals surface area contributed by atoms with Crippen LogP contribution in [0.5, 0.6) is 5.75 Å². The summed E-state index contributed by atoms with van der Waals surface area (Å²) < 4.78 is 7.64. The fourth-order valence-electron chi connectivity index (χ4n) is 2.30. The lowest BCUT2D eigenvalue weighted by atomic mass is 9.87. The minimum atomic E-state index is 0.133. The second-order valence-corrected chi connectivity index (χ2v) is 6.37. The molecule has 1 aromatic heterocycles. The van der Waals surface area contributed by atoms with E-state index in [1.165, 1.54) is 11.1 Å². The third kappa shape index (κ3) is 3.81. The maximum Gasteiger partial charge on any atom is 0.141 e. The summed E-state index contributed by atoms with van der Waals surface area (Å²) in [7, 11) is 1.71. The molecule has 0 saturated carbocycles. The van der Waals surface area contributed by atoms with Crippen LogP contribution in [0.1, 0.15) is 38.8 Å². The van der Waals surface area contributed by atoms with Crippen molar-refractivity contribution in [2.24, 2.45) is 0 Å². The van der Waals surface area contributed by atoms with Crippen LogP contribution in [0.3, 0.4) is 0 Å². The van der Waals surface area contributed by atoms with Crippen molar-refractivity contribution < 1.29 is 4.74 Å². The summed E-state index contributed by atoms with van der Waals surface area (Å²) in [5.74, 6) is 0.887. The maximum absolute atomic E-state index is 5.46. The number of rotatable bonds is 5. The highest BCUT2D eigenvalue weighted by Gasteiger charge is 2.15. The second kappa shape index (κ2) is 6.25. The molecule has 0 bridgehead atoms. The van der Waals surface area contributed by atoms with Gasteiger partial charge in [0.15, 0.2) is 0 Å². The smallest absolute Gasteiger partial charge is 0.141 e. The van der Waals surface area contributed by atoms with Gasteiger partial charge in [-0.25, -0.2) is 0 Å². The quantitative estimate of drug-likeness (QED) is 0.880. The Kier molecular flexibility index (Phi) is 4.61. The van der Waals surface area contributed by atoms with Gasteiger partial charge in [-0.1, -0.05) is 26.8 Å². The molecule has 1 aromatic carbocycles. The molecule has 21 heavy (non-hydrogen) atoms. The molecule has 1 heterocycles. The van der Waals surface area contributed by atoms with Crippen molar-refractivity contribution in [3.63, 3.8) is 0 Å². The van der Waals surface area contributed by atoms with Crippen LogP contribution in [0.4, 0.5) is 5.69 Å². The van der Waals surface area contributed by atoms with Gasteiger partial charge in [0.1, 0.15) is 5.75 Å². The van der Waals surface area contributed by atoms with Crippen molar-refractivity contribution in [2.75, 3.05) is 12.4 Å². The predicted octanol–water partition coefficient (Wildman–Crippen LogP) is 4.43. The Morgan fingerprint density at radius 3 is 2.52 bits per heavy atom. The number of nitrogens with zero attached hydrogens (tertiary/aromatic N) is 1. The third-order valence-corrected chi connectivity index (χ3v) is 3.73. The molecule has 1 N–H and O–H groups in total. The minimum Gasteiger partial charge on any atom is -0.495 e. The summed E-state index contributed by atoms with van der Waals surface area (Å²) in [5, 5.41) is 3.49. The highest BCUT2D eigenvalue weighted by atomic mass is 16.5. The van der Waals surface area contributed by atoms with E-state index in [2.05, 4.69) is 68.2 Å². The van der Waals surface area contributed by atoms with Crippen LogP contribution in [0.25, 0.3) is 0 Å². The van der Waals surface area contributed by atoms with E-state index in [9.17, 15) is 0 Å². The van der Waals surface area contributed by atoms with E-state index in [0.29, 0.717) is 0 Å². The Morgan fingerprint density at radius 1 is 1.19 bits per heavy atom. The normalized spacial score (nSPS) is 11.5. The maximum atomic E-state index is 5.46. The molecule has 2 aromatic rings. The van der Waals surface area contributed by atoms with Gasteiger partial charge >= 0.3 is 0 Å². The summed E-state index contributed by atoms with van der Waals surface area (Å²) in [6, 6.07) is 8.52. The Morgan fingerprint density at radius 2 is 1.95 bits per heavy atom. The lowest BCUT2D eigenvalue weighted by molar-refractivity contribution is 0.416. The number of hydrogen-bond donors (Lipinski definition) is 1. The van der Waals surface area contributed by atoms with Crippen LogP contribution >= 0.6 is 0 Å². The molecule has 0 amide bonds. The van der Waals surface area contributed by atoms with Crippen LogP contribution in [-0.2, 0) is 18.5 Å². The zero-order valence-electron chi connectivity index (χ0n) is 13.7. The van der Waals surface area contributed by atoms with Crippen LogP contribution < -0.4 is 10.1 Å². The van der Waals surface area contributed by atoms with Crippen LogP contribution in [0, 0.1) is 0 Å². The molecule has 114 valence electrons. The number of aromatic nitrogens is 1. The van der Waals surface area contributed by atoms with Crippen molar-refractivity contribution in [1.82, 2.24) is 4.57 Å². The summed E-state index contributed by atoms with van der Waals surface area (Å²) in [5.41, 5.74) is 3.76. The van der Waals surface area contributed by atoms with E-state index in [4.69, 9.17) is 4.74 Å². The average molecular weight is 286 g/mol. The first kappa shape index (κ1) is 15.5. The van der Waals surface area contributed by atoms with E-state index in [1.807, 2.05) is 6.07 Å². The van der Waals surface area contributed by atoms with Crippen LogP contribution in [-0.4, -0.2) is 11.7 Å². The van der Waals surface area contributed by atoms with Gasteiger partial charge in [0, 0.05) is 25.5 Å². The van der Waals surface area contributed by atoms with E-state index in [1.54, 1.807) is 7.11 Å². The first-order valence-corrected chi connectivity index (χ1v) is 7.51. The third-order valence-electron chi connectivity index (χ3n) is 3.73. The lowest BCUT2D eigenvalue weighted by Crippen LogP contribution is -2.12.